The smallest absolute Gasteiger partial charge is 0.329 e. The molecular weight excluding hydrogens is 218 g/mol. The largest absolute Gasteiger partial charge is 0.480 e. The standard InChI is InChI=1S/C12H15N3O2/c1-3-6-12(2,11(16)17)15-9-5-4-7-14-10(9)8-13/h4-5,7,15H,3,6H2,1-2H3,(H,16,17). The van der Waals surface area contributed by atoms with E-state index >= 15 is 0 Å². The van der Waals surface area contributed by atoms with Gasteiger partial charge in [-0.15, -0.1) is 0 Å². The van der Waals surface area contributed by atoms with Crippen LogP contribution in [0.2, 0.25) is 0 Å². The molecule has 90 valence electrons. The van der Waals surface area contributed by atoms with E-state index in [9.17, 15) is 9.90 Å². The molecule has 2 N–H and O–H groups in total. The second kappa shape index (κ2) is 5.30. The summed E-state index contributed by atoms with van der Waals surface area (Å²) in [7, 11) is 0. The van der Waals surface area contributed by atoms with Crippen molar-refractivity contribution in [1.82, 2.24) is 4.98 Å². The first-order valence-corrected chi connectivity index (χ1v) is 5.40. The fraction of sp³-hybridized carbons (Fsp3) is 0.417. The molecule has 0 fully saturated rings. The Hall–Kier alpha value is -2.09. The SMILES string of the molecule is CCCC(C)(Nc1cccnc1C#N)C(=O)O. The maximum atomic E-state index is 11.2. The Morgan fingerprint density at radius 2 is 2.41 bits per heavy atom. The average molecular weight is 233 g/mol. The van der Waals surface area contributed by atoms with Crippen LogP contribution in [0.1, 0.15) is 32.4 Å². The van der Waals surface area contributed by atoms with Crippen molar-refractivity contribution in [3.05, 3.63) is 24.0 Å². The zero-order valence-corrected chi connectivity index (χ0v) is 9.90. The summed E-state index contributed by atoms with van der Waals surface area (Å²) in [6, 6.07) is 5.25. The van der Waals surface area contributed by atoms with E-state index in [1.54, 1.807) is 19.1 Å². The van der Waals surface area contributed by atoms with Gasteiger partial charge in [0.25, 0.3) is 0 Å². The summed E-state index contributed by atoms with van der Waals surface area (Å²) < 4.78 is 0. The molecule has 5 heteroatoms. The normalized spacial score (nSPS) is 13.5. The van der Waals surface area contributed by atoms with Gasteiger partial charge in [0.15, 0.2) is 5.69 Å². The number of nitriles is 1. The summed E-state index contributed by atoms with van der Waals surface area (Å²) in [5.74, 6) is -0.938. The molecule has 1 atom stereocenters. The second-order valence-corrected chi connectivity index (χ2v) is 4.02. The number of aliphatic carboxylic acids is 1. The van der Waals surface area contributed by atoms with E-state index in [0.29, 0.717) is 12.1 Å². The molecule has 0 radical (unpaired) electrons. The molecule has 17 heavy (non-hydrogen) atoms. The molecule has 0 aliphatic heterocycles. The number of nitrogens with zero attached hydrogens (tertiary/aromatic N) is 2. The van der Waals surface area contributed by atoms with Crippen molar-refractivity contribution in [3.63, 3.8) is 0 Å². The molecule has 1 rings (SSSR count). The molecule has 0 saturated heterocycles. The summed E-state index contributed by atoms with van der Waals surface area (Å²) >= 11 is 0. The third kappa shape index (κ3) is 2.94. The molecule has 0 amide bonds. The van der Waals surface area contributed by atoms with Gasteiger partial charge in [0.05, 0.1) is 5.69 Å². The molecule has 0 aromatic carbocycles. The molecule has 0 saturated carbocycles. The van der Waals surface area contributed by atoms with Crippen LogP contribution in [-0.4, -0.2) is 21.6 Å². The predicted molar refractivity (Wildman–Crippen MR) is 63.5 cm³/mol. The predicted octanol–water partition coefficient (Wildman–Crippen LogP) is 2.01. The molecule has 0 aliphatic rings. The Morgan fingerprint density at radius 1 is 1.71 bits per heavy atom. The zero-order chi connectivity index (χ0) is 12.9. The molecule has 1 aromatic heterocycles. The lowest BCUT2D eigenvalue weighted by molar-refractivity contribution is -0.141. The Kier molecular flexibility index (Phi) is 4.05. The number of carbonyl (C=O) groups is 1. The highest BCUT2D eigenvalue weighted by Gasteiger charge is 2.32. The fourth-order valence-corrected chi connectivity index (χ4v) is 1.62. The van der Waals surface area contributed by atoms with Gasteiger partial charge in [-0.05, 0) is 25.5 Å². The van der Waals surface area contributed by atoms with Crippen molar-refractivity contribution in [2.24, 2.45) is 0 Å². The van der Waals surface area contributed by atoms with Gasteiger partial charge in [-0.1, -0.05) is 13.3 Å². The fourth-order valence-electron chi connectivity index (χ4n) is 1.62. The second-order valence-electron chi connectivity index (χ2n) is 4.02. The maximum Gasteiger partial charge on any atom is 0.329 e. The lowest BCUT2D eigenvalue weighted by atomic mass is 9.96. The third-order valence-corrected chi connectivity index (χ3v) is 2.55. The van der Waals surface area contributed by atoms with Crippen LogP contribution in [-0.2, 0) is 4.79 Å². The van der Waals surface area contributed by atoms with Crippen molar-refractivity contribution < 1.29 is 9.90 Å². The highest BCUT2D eigenvalue weighted by molar-refractivity contribution is 5.82. The van der Waals surface area contributed by atoms with Gasteiger partial charge < -0.3 is 10.4 Å². The Morgan fingerprint density at radius 3 is 2.94 bits per heavy atom. The van der Waals surface area contributed by atoms with Crippen molar-refractivity contribution in [3.8, 4) is 6.07 Å². The van der Waals surface area contributed by atoms with E-state index < -0.39 is 11.5 Å². The molecule has 1 aromatic rings. The highest BCUT2D eigenvalue weighted by Crippen LogP contribution is 2.22. The average Bonchev–Trinajstić information content (AvgIpc) is 2.30. The summed E-state index contributed by atoms with van der Waals surface area (Å²) in [6.45, 7) is 3.52. The molecule has 5 nitrogen and oxygen atoms in total. The third-order valence-electron chi connectivity index (χ3n) is 2.55. The number of aromatic nitrogens is 1. The van der Waals surface area contributed by atoms with E-state index in [1.165, 1.54) is 6.20 Å². The lowest BCUT2D eigenvalue weighted by Gasteiger charge is -2.27. The molecule has 0 spiro atoms. The number of pyridine rings is 1. The highest BCUT2D eigenvalue weighted by atomic mass is 16.4. The van der Waals surface area contributed by atoms with Gasteiger partial charge >= 0.3 is 5.97 Å². The minimum absolute atomic E-state index is 0.205. The van der Waals surface area contributed by atoms with Crippen molar-refractivity contribution >= 4 is 11.7 Å². The van der Waals surface area contributed by atoms with Gasteiger partial charge in [-0.25, -0.2) is 9.78 Å². The molecule has 1 heterocycles. The number of hydrogen-bond acceptors (Lipinski definition) is 4. The van der Waals surface area contributed by atoms with Crippen LogP contribution in [0.25, 0.3) is 0 Å². The van der Waals surface area contributed by atoms with E-state index in [1.807, 2.05) is 13.0 Å². The molecule has 1 unspecified atom stereocenters. The van der Waals surface area contributed by atoms with Crippen LogP contribution < -0.4 is 5.32 Å². The summed E-state index contributed by atoms with van der Waals surface area (Å²) in [4.78, 5) is 15.1. The minimum atomic E-state index is -1.08. The number of anilines is 1. The molecule has 0 aliphatic carbocycles. The van der Waals surface area contributed by atoms with E-state index in [4.69, 9.17) is 5.26 Å². The number of nitrogens with one attached hydrogen (secondary N) is 1. The van der Waals surface area contributed by atoms with Gasteiger partial charge in [-0.2, -0.15) is 5.26 Å². The summed E-state index contributed by atoms with van der Waals surface area (Å²) in [5.41, 5.74) is -0.423. The summed E-state index contributed by atoms with van der Waals surface area (Å²) in [5, 5.41) is 21.0. The van der Waals surface area contributed by atoms with Crippen molar-refractivity contribution in [2.45, 2.75) is 32.2 Å². The van der Waals surface area contributed by atoms with Crippen molar-refractivity contribution in [2.75, 3.05) is 5.32 Å². The molecular formula is C12H15N3O2. The topological polar surface area (TPSA) is 86.0 Å². The van der Waals surface area contributed by atoms with Gasteiger partial charge in [0.2, 0.25) is 0 Å². The van der Waals surface area contributed by atoms with Gasteiger partial charge in [0, 0.05) is 6.20 Å². The van der Waals surface area contributed by atoms with Crippen LogP contribution in [0, 0.1) is 11.3 Å². The monoisotopic (exact) mass is 233 g/mol. The van der Waals surface area contributed by atoms with E-state index in [-0.39, 0.29) is 5.69 Å². The first-order chi connectivity index (χ1) is 8.03. The van der Waals surface area contributed by atoms with Gasteiger partial charge in [-0.3, -0.25) is 0 Å². The molecule has 0 bridgehead atoms. The Bertz CT molecular complexity index is 453. The lowest BCUT2D eigenvalue weighted by Crippen LogP contribution is -2.43. The summed E-state index contributed by atoms with van der Waals surface area (Å²) in [6.07, 6.45) is 2.71. The quantitative estimate of drug-likeness (QED) is 0.812. The van der Waals surface area contributed by atoms with Crippen LogP contribution in [0.4, 0.5) is 5.69 Å². The number of carboxylic acids is 1. The maximum absolute atomic E-state index is 11.2. The van der Waals surface area contributed by atoms with E-state index in [0.717, 1.165) is 6.42 Å². The Labute approximate surface area is 100 Å². The number of carboxylic acid groups (broad SMARTS) is 1. The Balaban J connectivity index is 3.02. The van der Waals surface area contributed by atoms with Crippen LogP contribution in [0.3, 0.4) is 0 Å². The van der Waals surface area contributed by atoms with Crippen molar-refractivity contribution in [1.29, 1.82) is 5.26 Å². The van der Waals surface area contributed by atoms with E-state index in [2.05, 4.69) is 10.3 Å². The van der Waals surface area contributed by atoms with Crippen LogP contribution in [0.5, 0.6) is 0 Å². The van der Waals surface area contributed by atoms with Gasteiger partial charge in [0.1, 0.15) is 11.6 Å². The minimum Gasteiger partial charge on any atom is -0.480 e. The number of hydrogen-bond donors (Lipinski definition) is 2. The van der Waals surface area contributed by atoms with Crippen LogP contribution >= 0.6 is 0 Å². The van der Waals surface area contributed by atoms with Crippen LogP contribution in [0.15, 0.2) is 18.3 Å². The first kappa shape index (κ1) is 13.0. The first-order valence-electron chi connectivity index (χ1n) is 5.40. The number of rotatable bonds is 5. The zero-order valence-electron chi connectivity index (χ0n) is 9.90.